The average Bonchev–Trinajstić information content (AvgIpc) is 2.62. The maximum Gasteiger partial charge on any atom is 0.272 e. The zero-order valence-corrected chi connectivity index (χ0v) is 12.3. The van der Waals surface area contributed by atoms with Crippen molar-refractivity contribution >= 4 is 11.7 Å². The Morgan fingerprint density at radius 1 is 1.41 bits per heavy atom. The Hall–Kier alpha value is -2.54. The third-order valence-electron chi connectivity index (χ3n) is 3.51. The van der Waals surface area contributed by atoms with Gasteiger partial charge in [-0.1, -0.05) is 6.07 Å². The molecule has 0 bridgehead atoms. The van der Waals surface area contributed by atoms with Crippen molar-refractivity contribution in [1.82, 2.24) is 19.9 Å². The quantitative estimate of drug-likeness (QED) is 0.915. The van der Waals surface area contributed by atoms with Crippen LogP contribution in [-0.4, -0.2) is 52.5 Å². The van der Waals surface area contributed by atoms with Crippen molar-refractivity contribution in [1.29, 1.82) is 0 Å². The monoisotopic (exact) mass is 299 g/mol. The minimum atomic E-state index is -0.229. The molecule has 0 spiro atoms. The van der Waals surface area contributed by atoms with E-state index in [4.69, 9.17) is 4.74 Å². The first kappa shape index (κ1) is 14.4. The van der Waals surface area contributed by atoms with Crippen LogP contribution >= 0.6 is 0 Å². The minimum Gasteiger partial charge on any atom is -0.373 e. The number of morpholine rings is 1. The van der Waals surface area contributed by atoms with Crippen LogP contribution in [0.15, 0.2) is 36.8 Å². The molecule has 7 nitrogen and oxygen atoms in total. The van der Waals surface area contributed by atoms with E-state index in [9.17, 15) is 4.79 Å². The van der Waals surface area contributed by atoms with Crippen LogP contribution in [-0.2, 0) is 4.74 Å². The van der Waals surface area contributed by atoms with Crippen LogP contribution in [0, 0.1) is 0 Å². The fourth-order valence-electron chi connectivity index (χ4n) is 2.36. The van der Waals surface area contributed by atoms with Crippen LogP contribution in [0.4, 0.5) is 5.82 Å². The lowest BCUT2D eigenvalue weighted by Crippen LogP contribution is -2.42. The number of carbonyl (C=O) groups is 1. The lowest BCUT2D eigenvalue weighted by Gasteiger charge is -2.32. The van der Waals surface area contributed by atoms with E-state index in [1.54, 1.807) is 17.2 Å². The maximum atomic E-state index is 12.4. The maximum absolute atomic E-state index is 12.4. The van der Waals surface area contributed by atoms with Gasteiger partial charge >= 0.3 is 0 Å². The largest absolute Gasteiger partial charge is 0.373 e. The van der Waals surface area contributed by atoms with Crippen LogP contribution in [0.3, 0.4) is 0 Å². The van der Waals surface area contributed by atoms with Crippen LogP contribution < -0.4 is 5.32 Å². The molecule has 0 saturated carbocycles. The standard InChI is InChI=1S/C15H17N5O2/c1-16-14-4-2-3-11(19-14)13-9-20(7-8-22-13)15(21)12-5-6-17-10-18-12/h2-6,10,13H,7-9H2,1H3,(H,16,19)/t13-/m0/s1. The Kier molecular flexibility index (Phi) is 4.24. The Morgan fingerprint density at radius 3 is 3.09 bits per heavy atom. The van der Waals surface area contributed by atoms with Gasteiger partial charge in [-0.3, -0.25) is 4.79 Å². The summed E-state index contributed by atoms with van der Waals surface area (Å²) in [4.78, 5) is 26.5. The molecular weight excluding hydrogens is 282 g/mol. The summed E-state index contributed by atoms with van der Waals surface area (Å²) in [6.07, 6.45) is 2.71. The molecule has 1 atom stereocenters. The Balaban J connectivity index is 1.75. The molecule has 22 heavy (non-hydrogen) atoms. The summed E-state index contributed by atoms with van der Waals surface area (Å²) in [5, 5.41) is 3.00. The predicted octanol–water partition coefficient (Wildman–Crippen LogP) is 1.13. The molecule has 1 fully saturated rings. The smallest absolute Gasteiger partial charge is 0.272 e. The zero-order chi connectivity index (χ0) is 15.4. The Bertz CT molecular complexity index is 649. The number of amides is 1. The van der Waals surface area contributed by atoms with E-state index in [0.29, 0.717) is 25.4 Å². The highest BCUT2D eigenvalue weighted by Gasteiger charge is 2.27. The van der Waals surface area contributed by atoms with Crippen molar-refractivity contribution in [2.75, 3.05) is 32.1 Å². The van der Waals surface area contributed by atoms with Gasteiger partial charge in [-0.25, -0.2) is 15.0 Å². The molecule has 1 N–H and O–H groups in total. The van der Waals surface area contributed by atoms with Crippen molar-refractivity contribution in [3.63, 3.8) is 0 Å². The van der Waals surface area contributed by atoms with Gasteiger partial charge in [-0.05, 0) is 18.2 Å². The zero-order valence-electron chi connectivity index (χ0n) is 12.3. The summed E-state index contributed by atoms with van der Waals surface area (Å²) >= 11 is 0. The predicted molar refractivity (Wildman–Crippen MR) is 80.4 cm³/mol. The average molecular weight is 299 g/mol. The third-order valence-corrected chi connectivity index (χ3v) is 3.51. The van der Waals surface area contributed by atoms with Crippen molar-refractivity contribution in [2.24, 2.45) is 0 Å². The number of aromatic nitrogens is 3. The number of hydrogen-bond donors (Lipinski definition) is 1. The normalized spacial score (nSPS) is 18.0. The molecule has 3 rings (SSSR count). The number of hydrogen-bond acceptors (Lipinski definition) is 6. The molecule has 0 unspecified atom stereocenters. The number of rotatable bonds is 3. The Morgan fingerprint density at radius 2 is 2.32 bits per heavy atom. The summed E-state index contributed by atoms with van der Waals surface area (Å²) < 4.78 is 5.76. The van der Waals surface area contributed by atoms with E-state index in [1.807, 2.05) is 25.2 Å². The SMILES string of the molecule is CNc1cccc([C@@H]2CN(C(=O)c3ccncn3)CCO2)n1. The van der Waals surface area contributed by atoms with E-state index in [1.165, 1.54) is 6.33 Å². The van der Waals surface area contributed by atoms with Crippen LogP contribution in [0.25, 0.3) is 0 Å². The summed E-state index contributed by atoms with van der Waals surface area (Å²) in [7, 11) is 1.82. The first-order valence-electron chi connectivity index (χ1n) is 7.09. The van der Waals surface area contributed by atoms with Crippen molar-refractivity contribution in [3.8, 4) is 0 Å². The minimum absolute atomic E-state index is 0.111. The second-order valence-corrected chi connectivity index (χ2v) is 4.90. The highest BCUT2D eigenvalue weighted by atomic mass is 16.5. The van der Waals surface area contributed by atoms with E-state index < -0.39 is 0 Å². The number of carbonyl (C=O) groups excluding carboxylic acids is 1. The summed E-state index contributed by atoms with van der Waals surface area (Å²) in [6.45, 7) is 1.49. The van der Waals surface area contributed by atoms with Gasteiger partial charge in [0.1, 0.15) is 23.9 Å². The lowest BCUT2D eigenvalue weighted by molar-refractivity contribution is -0.0248. The van der Waals surface area contributed by atoms with Gasteiger partial charge in [0.05, 0.1) is 18.8 Å². The van der Waals surface area contributed by atoms with Crippen molar-refractivity contribution < 1.29 is 9.53 Å². The first-order valence-corrected chi connectivity index (χ1v) is 7.09. The van der Waals surface area contributed by atoms with E-state index in [-0.39, 0.29) is 12.0 Å². The van der Waals surface area contributed by atoms with Gasteiger partial charge in [0, 0.05) is 19.8 Å². The topological polar surface area (TPSA) is 80.2 Å². The first-order chi connectivity index (χ1) is 10.8. The summed E-state index contributed by atoms with van der Waals surface area (Å²) in [5.41, 5.74) is 1.21. The molecule has 3 heterocycles. The van der Waals surface area contributed by atoms with Crippen LogP contribution in [0.2, 0.25) is 0 Å². The molecule has 1 aliphatic rings. The fourth-order valence-corrected chi connectivity index (χ4v) is 2.36. The van der Waals surface area contributed by atoms with E-state index in [2.05, 4.69) is 20.3 Å². The number of nitrogens with zero attached hydrogens (tertiary/aromatic N) is 4. The van der Waals surface area contributed by atoms with Gasteiger partial charge < -0.3 is 15.0 Å². The molecule has 0 aliphatic carbocycles. The second kappa shape index (κ2) is 6.48. The van der Waals surface area contributed by atoms with Gasteiger partial charge in [-0.2, -0.15) is 0 Å². The highest BCUT2D eigenvalue weighted by Crippen LogP contribution is 2.22. The highest BCUT2D eigenvalue weighted by molar-refractivity contribution is 5.92. The molecule has 7 heteroatoms. The van der Waals surface area contributed by atoms with E-state index >= 15 is 0 Å². The molecular formula is C15H17N5O2. The van der Waals surface area contributed by atoms with Crippen molar-refractivity contribution in [3.05, 3.63) is 48.2 Å². The molecule has 2 aromatic heterocycles. The second-order valence-electron chi connectivity index (χ2n) is 4.90. The summed E-state index contributed by atoms with van der Waals surface area (Å²) in [5.74, 6) is 0.667. The molecule has 2 aromatic rings. The van der Waals surface area contributed by atoms with Gasteiger partial charge in [0.15, 0.2) is 0 Å². The fraction of sp³-hybridized carbons (Fsp3) is 0.333. The third kappa shape index (κ3) is 3.04. The van der Waals surface area contributed by atoms with Gasteiger partial charge in [-0.15, -0.1) is 0 Å². The number of ether oxygens (including phenoxy) is 1. The molecule has 1 aliphatic heterocycles. The van der Waals surface area contributed by atoms with Gasteiger partial charge in [0.2, 0.25) is 0 Å². The van der Waals surface area contributed by atoms with Crippen LogP contribution in [0.5, 0.6) is 0 Å². The van der Waals surface area contributed by atoms with Crippen molar-refractivity contribution in [2.45, 2.75) is 6.10 Å². The van der Waals surface area contributed by atoms with Gasteiger partial charge in [0.25, 0.3) is 5.91 Å². The molecule has 1 saturated heterocycles. The number of anilines is 1. The molecule has 0 radical (unpaired) electrons. The molecule has 0 aromatic carbocycles. The molecule has 1 amide bonds. The number of nitrogens with one attached hydrogen (secondary N) is 1. The molecule has 114 valence electrons. The van der Waals surface area contributed by atoms with E-state index in [0.717, 1.165) is 11.5 Å². The number of pyridine rings is 1. The summed E-state index contributed by atoms with van der Waals surface area (Å²) in [6, 6.07) is 7.33. The lowest BCUT2D eigenvalue weighted by atomic mass is 10.1. The van der Waals surface area contributed by atoms with Crippen LogP contribution in [0.1, 0.15) is 22.3 Å². The Labute approximate surface area is 128 Å².